The van der Waals surface area contributed by atoms with Crippen molar-refractivity contribution in [2.45, 2.75) is 0 Å². The van der Waals surface area contributed by atoms with Gasteiger partial charge >= 0.3 is 5.97 Å². The summed E-state index contributed by atoms with van der Waals surface area (Å²) < 4.78 is 19.1. The Morgan fingerprint density at radius 2 is 1.68 bits per heavy atom. The van der Waals surface area contributed by atoms with Crippen LogP contribution in [0.25, 0.3) is 3.58 Å². The largest absolute Gasteiger partial charge is 0.754 e. The Morgan fingerprint density at radius 1 is 1.05 bits per heavy atom. The van der Waals surface area contributed by atoms with Crippen LogP contribution >= 0.6 is 0 Å². The summed E-state index contributed by atoms with van der Waals surface area (Å²) in [6, 6.07) is 15.0. The van der Waals surface area contributed by atoms with Crippen LogP contribution in [0.4, 0.5) is 4.39 Å². The van der Waals surface area contributed by atoms with E-state index < -0.39 is 5.97 Å². The molecule has 19 heavy (non-hydrogen) atoms. The molecule has 0 bridgehead atoms. The maximum atomic E-state index is 13.5. The van der Waals surface area contributed by atoms with Crippen LogP contribution in [0.2, 0.25) is 0 Å². The second kappa shape index (κ2) is 6.47. The molecule has 0 aliphatic heterocycles. The maximum Gasteiger partial charge on any atom is 0.342 e. The molecule has 97 valence electrons. The van der Waals surface area contributed by atoms with Gasteiger partial charge in [-0.2, -0.15) is 0 Å². The summed E-state index contributed by atoms with van der Waals surface area (Å²) >= 11 is 1.93. The molecule has 0 amide bonds. The Bertz CT molecular complexity index is 609. The van der Waals surface area contributed by atoms with Crippen molar-refractivity contribution >= 4 is 9.55 Å². The Kier molecular flexibility index (Phi) is 4.68. The fraction of sp³-hybridized carbons (Fsp3) is 0. The van der Waals surface area contributed by atoms with Crippen LogP contribution in [0, 0.1) is 5.82 Å². The lowest BCUT2D eigenvalue weighted by Gasteiger charge is -2.13. The van der Waals surface area contributed by atoms with E-state index in [0.717, 1.165) is 0 Å². The molecule has 0 saturated heterocycles. The van der Waals surface area contributed by atoms with E-state index in [-0.39, 0.29) is 5.82 Å². The number of hydrogen-bond donors (Lipinski definition) is 0. The summed E-state index contributed by atoms with van der Waals surface area (Å²) in [5.74, 6) is -0.815. The summed E-state index contributed by atoms with van der Waals surface area (Å²) in [6.07, 6.45) is 1.26. The van der Waals surface area contributed by atoms with Crippen LogP contribution in [-0.2, 0) is 4.74 Å². The lowest BCUT2D eigenvalue weighted by atomic mass is 10.2. The van der Waals surface area contributed by atoms with Crippen molar-refractivity contribution in [2.75, 3.05) is 0 Å². The third-order valence-corrected chi connectivity index (χ3v) is 3.25. The van der Waals surface area contributed by atoms with Crippen molar-refractivity contribution in [3.8, 4) is 0 Å². The first-order valence-electron chi connectivity index (χ1n) is 5.55. The molecule has 0 saturated carbocycles. The maximum absolute atomic E-state index is 13.5. The van der Waals surface area contributed by atoms with Crippen molar-refractivity contribution in [3.63, 3.8) is 0 Å². The molecule has 0 aromatic heterocycles. The number of esters is 1. The molecule has 0 unspecified atom stereocenters. The van der Waals surface area contributed by atoms with Crippen LogP contribution in [0.5, 0.6) is 0 Å². The van der Waals surface area contributed by atoms with Gasteiger partial charge in [-0.3, -0.25) is 0 Å². The Morgan fingerprint density at radius 3 is 2.37 bits per heavy atom. The third kappa shape index (κ3) is 3.64. The van der Waals surface area contributed by atoms with Crippen molar-refractivity contribution in [1.29, 1.82) is 0 Å². The van der Waals surface area contributed by atoms with Gasteiger partial charge < -0.3 is 27.3 Å². The summed E-state index contributed by atoms with van der Waals surface area (Å²) in [7, 11) is 0. The SMILES string of the molecule is O=C(O/C=C(\[I-])c1ccccc1F)c1ccccc1. The predicted molar refractivity (Wildman–Crippen MR) is 66.2 cm³/mol. The average Bonchev–Trinajstić information content (AvgIpc) is 2.46. The minimum Gasteiger partial charge on any atom is -0.754 e. The van der Waals surface area contributed by atoms with Crippen molar-refractivity contribution in [3.05, 3.63) is 77.8 Å². The fourth-order valence-corrected chi connectivity index (χ4v) is 2.03. The number of carbonyl (C=O) groups excluding carboxylic acids is 1. The minimum absolute atomic E-state index is 0.348. The highest BCUT2D eigenvalue weighted by Gasteiger charge is 2.04. The first-order chi connectivity index (χ1) is 9.18. The highest BCUT2D eigenvalue weighted by atomic mass is 127. The molecule has 0 fully saturated rings. The normalized spacial score (nSPS) is 11.2. The lowest BCUT2D eigenvalue weighted by Crippen LogP contribution is -3.32. The standard InChI is InChI=1S/C15H10FIO2/c16-13-9-5-4-8-12(13)14(17)10-19-15(18)11-6-2-1-3-7-11/h1-10H/q-1/b14-10-. The molecule has 2 nitrogen and oxygen atoms in total. The summed E-state index contributed by atoms with van der Waals surface area (Å²) in [4.78, 5) is 11.7. The van der Waals surface area contributed by atoms with E-state index in [4.69, 9.17) is 4.74 Å². The number of ether oxygens (including phenoxy) is 1. The van der Waals surface area contributed by atoms with Gasteiger partial charge in [-0.15, -0.1) is 3.58 Å². The second-order valence-corrected chi connectivity index (χ2v) is 4.88. The van der Waals surface area contributed by atoms with Gasteiger partial charge in [0.25, 0.3) is 0 Å². The third-order valence-electron chi connectivity index (χ3n) is 2.41. The van der Waals surface area contributed by atoms with E-state index in [1.165, 1.54) is 12.3 Å². The van der Waals surface area contributed by atoms with Crippen LogP contribution in [0.3, 0.4) is 0 Å². The first-order valence-corrected chi connectivity index (χ1v) is 6.63. The van der Waals surface area contributed by atoms with E-state index in [0.29, 0.717) is 14.7 Å². The number of benzene rings is 2. The molecule has 0 aliphatic carbocycles. The number of carbonyl (C=O) groups is 1. The van der Waals surface area contributed by atoms with Gasteiger partial charge in [0, 0.05) is 0 Å². The summed E-state index contributed by atoms with van der Waals surface area (Å²) in [5, 5.41) is 0. The quantitative estimate of drug-likeness (QED) is 0.449. The molecule has 0 N–H and O–H groups in total. The molecular weight excluding hydrogens is 358 g/mol. The summed E-state index contributed by atoms with van der Waals surface area (Å²) in [6.45, 7) is 0. The fourth-order valence-electron chi connectivity index (χ4n) is 1.47. The molecule has 2 aromatic carbocycles. The minimum atomic E-state index is -0.467. The van der Waals surface area contributed by atoms with Crippen LogP contribution in [0.1, 0.15) is 15.9 Å². The van der Waals surface area contributed by atoms with Gasteiger partial charge in [0.1, 0.15) is 5.82 Å². The zero-order valence-corrected chi connectivity index (χ0v) is 12.0. The number of halogens is 2. The van der Waals surface area contributed by atoms with E-state index in [1.807, 2.05) is 28.7 Å². The molecule has 0 heterocycles. The molecule has 0 aliphatic rings. The van der Waals surface area contributed by atoms with Gasteiger partial charge in [-0.05, 0) is 23.8 Å². The monoisotopic (exact) mass is 368 g/mol. The Labute approximate surface area is 124 Å². The highest BCUT2D eigenvalue weighted by molar-refractivity contribution is 5.90. The van der Waals surface area contributed by atoms with Gasteiger partial charge in [0.2, 0.25) is 0 Å². The first kappa shape index (κ1) is 13.7. The van der Waals surface area contributed by atoms with Gasteiger partial charge in [-0.25, -0.2) is 9.18 Å². The molecule has 1 radical (unpaired) electrons. The molecule has 4 heteroatoms. The number of hydrogen-bond acceptors (Lipinski definition) is 2. The molecule has 2 rings (SSSR count). The predicted octanol–water partition coefficient (Wildman–Crippen LogP) is 0.534. The van der Waals surface area contributed by atoms with Crippen LogP contribution in [0.15, 0.2) is 60.9 Å². The van der Waals surface area contributed by atoms with Crippen molar-refractivity contribution in [2.24, 2.45) is 0 Å². The second-order valence-electron chi connectivity index (χ2n) is 3.72. The Hall–Kier alpha value is -1.69. The molecule has 2 aromatic rings. The van der Waals surface area contributed by atoms with Crippen LogP contribution < -0.4 is 22.6 Å². The number of rotatable bonds is 3. The zero-order chi connectivity index (χ0) is 13.7. The van der Waals surface area contributed by atoms with Gasteiger partial charge in [0.15, 0.2) is 0 Å². The topological polar surface area (TPSA) is 26.3 Å². The van der Waals surface area contributed by atoms with Gasteiger partial charge in [-0.1, -0.05) is 36.4 Å². The average molecular weight is 368 g/mol. The highest BCUT2D eigenvalue weighted by Crippen LogP contribution is 2.11. The molecular formula is C15H10FIO2-. The van der Waals surface area contributed by atoms with E-state index in [2.05, 4.69) is 0 Å². The smallest absolute Gasteiger partial charge is 0.342 e. The zero-order valence-electron chi connectivity index (χ0n) is 9.85. The van der Waals surface area contributed by atoms with Gasteiger partial charge in [0.05, 0.1) is 11.8 Å². The molecule has 0 spiro atoms. The van der Waals surface area contributed by atoms with E-state index >= 15 is 0 Å². The van der Waals surface area contributed by atoms with E-state index in [1.54, 1.807) is 42.5 Å². The molecule has 0 atom stereocenters. The lowest BCUT2D eigenvalue weighted by molar-refractivity contribution is -0.246. The van der Waals surface area contributed by atoms with Crippen molar-refractivity contribution < 1.29 is 36.5 Å². The van der Waals surface area contributed by atoms with Crippen molar-refractivity contribution in [1.82, 2.24) is 0 Å². The van der Waals surface area contributed by atoms with E-state index in [9.17, 15) is 9.18 Å². The Balaban J connectivity index is 2.11. The van der Waals surface area contributed by atoms with Crippen LogP contribution in [-0.4, -0.2) is 5.97 Å². The summed E-state index contributed by atoms with van der Waals surface area (Å²) in [5.41, 5.74) is 0.862.